The Morgan fingerprint density at radius 1 is 1.35 bits per heavy atom. The summed E-state index contributed by atoms with van der Waals surface area (Å²) in [5, 5.41) is 12.4. The summed E-state index contributed by atoms with van der Waals surface area (Å²) < 4.78 is 9.68. The molecule has 0 radical (unpaired) electrons. The van der Waals surface area contributed by atoms with E-state index in [0.29, 0.717) is 17.9 Å². The smallest absolute Gasteiger partial charge is 0.310 e. The van der Waals surface area contributed by atoms with Crippen LogP contribution in [0.1, 0.15) is 13.3 Å². The molecule has 1 aromatic rings. The van der Waals surface area contributed by atoms with Crippen LogP contribution in [-0.4, -0.2) is 75.5 Å². The maximum absolute atomic E-state index is 13.5. The van der Waals surface area contributed by atoms with Gasteiger partial charge in [0.2, 0.25) is 11.8 Å². The second kappa shape index (κ2) is 8.63. The number of nitrogens with one attached hydrogen (secondary N) is 1. The van der Waals surface area contributed by atoms with E-state index in [1.807, 2.05) is 0 Å². The predicted octanol–water partition coefficient (Wildman–Crippen LogP) is 1.65. The van der Waals surface area contributed by atoms with Crippen LogP contribution in [0.25, 0.3) is 0 Å². The number of anilines is 1. The van der Waals surface area contributed by atoms with Crippen molar-refractivity contribution in [1.82, 2.24) is 4.90 Å². The van der Waals surface area contributed by atoms with Gasteiger partial charge in [0.25, 0.3) is 0 Å². The molecule has 6 atom stereocenters. The molecule has 2 N–H and O–H groups in total. The highest BCUT2D eigenvalue weighted by molar-refractivity contribution is 9.09. The van der Waals surface area contributed by atoms with Crippen molar-refractivity contribution in [1.29, 1.82) is 0 Å². The van der Waals surface area contributed by atoms with Crippen LogP contribution < -0.4 is 10.1 Å². The normalized spacial score (nSPS) is 33.4. The summed E-state index contributed by atoms with van der Waals surface area (Å²) in [7, 11) is 1.56. The summed E-state index contributed by atoms with van der Waals surface area (Å²) in [6.07, 6.45) is 0.581. The van der Waals surface area contributed by atoms with Gasteiger partial charge in [0.1, 0.15) is 11.8 Å². The number of ether oxygens (including phenoxy) is 2. The molecule has 168 valence electrons. The SMILES string of the molecule is CCOC(=O)[C@H]1[C@H]2C(=O)N(CCO)C(C(=O)Nc3ccc(OC)cc3)C23CC(Br)[C@@H]1S3. The van der Waals surface area contributed by atoms with Crippen LogP contribution in [0.5, 0.6) is 5.75 Å². The lowest BCUT2D eigenvalue weighted by Crippen LogP contribution is -2.52. The number of rotatable bonds is 7. The average molecular weight is 513 g/mol. The Kier molecular flexibility index (Phi) is 6.24. The molecule has 1 spiro atoms. The van der Waals surface area contributed by atoms with Crippen molar-refractivity contribution in [2.75, 3.05) is 32.2 Å². The monoisotopic (exact) mass is 512 g/mol. The Morgan fingerprint density at radius 3 is 2.68 bits per heavy atom. The highest BCUT2D eigenvalue weighted by Gasteiger charge is 2.75. The van der Waals surface area contributed by atoms with E-state index >= 15 is 0 Å². The van der Waals surface area contributed by atoms with Crippen molar-refractivity contribution >= 4 is 51.2 Å². The third-order valence-electron chi connectivity index (χ3n) is 6.29. The molecule has 3 aliphatic rings. The topological polar surface area (TPSA) is 105 Å². The first-order valence-corrected chi connectivity index (χ1v) is 12.0. The minimum Gasteiger partial charge on any atom is -0.497 e. The lowest BCUT2D eigenvalue weighted by molar-refractivity contribution is -0.153. The van der Waals surface area contributed by atoms with Crippen molar-refractivity contribution in [2.45, 2.75) is 34.2 Å². The highest BCUT2D eigenvalue weighted by Crippen LogP contribution is 2.67. The van der Waals surface area contributed by atoms with Gasteiger partial charge in [-0.25, -0.2) is 0 Å². The number of aliphatic hydroxyl groups is 1. The maximum atomic E-state index is 13.5. The van der Waals surface area contributed by atoms with Gasteiger partial charge in [-0.1, -0.05) is 15.9 Å². The van der Waals surface area contributed by atoms with Crippen molar-refractivity contribution in [2.24, 2.45) is 11.8 Å². The average Bonchev–Trinajstić information content (AvgIpc) is 3.33. The molecule has 1 aromatic carbocycles. The maximum Gasteiger partial charge on any atom is 0.310 e. The predicted molar refractivity (Wildman–Crippen MR) is 119 cm³/mol. The number of likely N-dealkylation sites (tertiary alicyclic amines) is 1. The number of thioether (sulfide) groups is 1. The number of hydrogen-bond donors (Lipinski definition) is 2. The molecule has 3 aliphatic heterocycles. The zero-order valence-electron chi connectivity index (χ0n) is 17.2. The highest BCUT2D eigenvalue weighted by atomic mass is 79.9. The fraction of sp³-hybridized carbons (Fsp3) is 0.571. The van der Waals surface area contributed by atoms with Crippen LogP contribution >= 0.6 is 27.7 Å². The molecule has 0 saturated carbocycles. The second-order valence-electron chi connectivity index (χ2n) is 7.89. The van der Waals surface area contributed by atoms with Gasteiger partial charge in [-0.3, -0.25) is 14.4 Å². The van der Waals surface area contributed by atoms with Gasteiger partial charge >= 0.3 is 5.97 Å². The first-order valence-electron chi connectivity index (χ1n) is 10.2. The molecule has 31 heavy (non-hydrogen) atoms. The lowest BCUT2D eigenvalue weighted by Gasteiger charge is -2.35. The second-order valence-corrected chi connectivity index (χ2v) is 10.6. The number of halogens is 1. The summed E-state index contributed by atoms with van der Waals surface area (Å²) in [4.78, 5) is 41.1. The number of alkyl halides is 1. The van der Waals surface area contributed by atoms with Crippen LogP contribution in [0, 0.1) is 11.8 Å². The molecule has 0 aliphatic carbocycles. The number of fused-ring (bicyclic) bond motifs is 1. The fourth-order valence-electron chi connectivity index (χ4n) is 5.17. The van der Waals surface area contributed by atoms with Crippen LogP contribution in [-0.2, 0) is 19.1 Å². The van der Waals surface area contributed by atoms with E-state index in [2.05, 4.69) is 21.2 Å². The minimum absolute atomic E-state index is 0.0127. The third-order valence-corrected chi connectivity index (χ3v) is 9.51. The number of aliphatic hydroxyl groups excluding tert-OH is 1. The molecule has 3 heterocycles. The first-order chi connectivity index (χ1) is 14.9. The Morgan fingerprint density at radius 2 is 2.06 bits per heavy atom. The van der Waals surface area contributed by atoms with Crippen molar-refractivity contribution in [3.05, 3.63) is 24.3 Å². The molecule has 3 unspecified atom stereocenters. The molecule has 8 nitrogen and oxygen atoms in total. The number of carbonyl (C=O) groups is 3. The molecule has 2 amide bonds. The Balaban J connectivity index is 1.68. The Hall–Kier alpha value is -1.78. The lowest BCUT2D eigenvalue weighted by atomic mass is 9.71. The Bertz CT molecular complexity index is 883. The summed E-state index contributed by atoms with van der Waals surface area (Å²) in [6, 6.07) is 6.14. The first kappa shape index (κ1) is 22.4. The molecule has 10 heteroatoms. The fourth-order valence-corrected chi connectivity index (χ4v) is 8.77. The number of hydrogen-bond acceptors (Lipinski definition) is 7. The van der Waals surface area contributed by atoms with E-state index in [9.17, 15) is 19.5 Å². The van der Waals surface area contributed by atoms with Crippen molar-refractivity contribution in [3.63, 3.8) is 0 Å². The number of methoxy groups -OCH3 is 1. The van der Waals surface area contributed by atoms with E-state index < -0.39 is 28.6 Å². The van der Waals surface area contributed by atoms with Gasteiger partial charge in [0.15, 0.2) is 0 Å². The summed E-state index contributed by atoms with van der Waals surface area (Å²) >= 11 is 5.20. The zero-order valence-corrected chi connectivity index (χ0v) is 19.6. The van der Waals surface area contributed by atoms with Gasteiger partial charge in [0.05, 0.1) is 36.9 Å². The van der Waals surface area contributed by atoms with Crippen molar-refractivity contribution in [3.8, 4) is 5.75 Å². The Labute approximate surface area is 193 Å². The summed E-state index contributed by atoms with van der Waals surface area (Å²) in [5.74, 6) is -1.59. The van der Waals surface area contributed by atoms with Gasteiger partial charge in [-0.2, -0.15) is 0 Å². The molecule has 4 rings (SSSR count). The van der Waals surface area contributed by atoms with Crippen LogP contribution in [0.15, 0.2) is 24.3 Å². The molecular weight excluding hydrogens is 488 g/mol. The van der Waals surface area contributed by atoms with E-state index in [1.165, 1.54) is 16.7 Å². The van der Waals surface area contributed by atoms with Gasteiger partial charge in [-0.05, 0) is 37.6 Å². The molecule has 3 fully saturated rings. The van der Waals surface area contributed by atoms with Gasteiger partial charge in [0, 0.05) is 22.3 Å². The number of β-amino-alcohol motifs (C(OH)–C–C–N with tert-alkyl or cyclic N) is 1. The quantitative estimate of drug-likeness (QED) is 0.422. The molecule has 3 saturated heterocycles. The number of nitrogens with zero attached hydrogens (tertiary/aromatic N) is 1. The van der Waals surface area contributed by atoms with E-state index in [1.54, 1.807) is 38.3 Å². The van der Waals surface area contributed by atoms with Crippen LogP contribution in [0.3, 0.4) is 0 Å². The van der Waals surface area contributed by atoms with E-state index in [-0.39, 0.29) is 41.6 Å². The minimum atomic E-state index is -0.797. The standard InChI is InChI=1S/C21H25BrN2O6S/c1-3-30-20(28)14-15-19(27)24(8-9-25)17(21(15)10-13(22)16(14)31-21)18(26)23-11-4-6-12(29-2)7-5-11/h4-7,13-17,25H,3,8-10H2,1-2H3,(H,23,26)/t13?,14-,15-,16-,17?,21?/m0/s1. The zero-order chi connectivity index (χ0) is 22.3. The van der Waals surface area contributed by atoms with Gasteiger partial charge in [-0.15, -0.1) is 11.8 Å². The number of benzene rings is 1. The molecular formula is C21H25BrN2O6S. The number of amides is 2. The van der Waals surface area contributed by atoms with E-state index in [0.717, 1.165) is 0 Å². The molecule has 2 bridgehead atoms. The van der Waals surface area contributed by atoms with Crippen LogP contribution in [0.4, 0.5) is 5.69 Å². The third kappa shape index (κ3) is 3.52. The van der Waals surface area contributed by atoms with Crippen molar-refractivity contribution < 1.29 is 29.0 Å². The summed E-state index contributed by atoms with van der Waals surface area (Å²) in [6.45, 7) is 1.73. The van der Waals surface area contributed by atoms with E-state index in [4.69, 9.17) is 9.47 Å². The summed E-state index contributed by atoms with van der Waals surface area (Å²) in [5.41, 5.74) is 0.580. The van der Waals surface area contributed by atoms with Crippen LogP contribution in [0.2, 0.25) is 0 Å². The number of carbonyl (C=O) groups excluding carboxylic acids is 3. The molecule has 0 aromatic heterocycles. The largest absolute Gasteiger partial charge is 0.497 e. The number of esters is 1. The van der Waals surface area contributed by atoms with Gasteiger partial charge < -0.3 is 24.8 Å².